The van der Waals surface area contributed by atoms with Crippen LogP contribution in [0.25, 0.3) is 20.2 Å². The first-order valence-corrected chi connectivity index (χ1v) is 13.5. The molecule has 1 aliphatic heterocycles. The lowest BCUT2D eigenvalue weighted by molar-refractivity contribution is -0.141. The maximum absolute atomic E-state index is 12.8. The smallest absolute Gasteiger partial charge is 0.322 e. The van der Waals surface area contributed by atoms with E-state index < -0.39 is 33.9 Å². The molecule has 0 bridgehead atoms. The van der Waals surface area contributed by atoms with E-state index in [1.165, 1.54) is 29.2 Å². The predicted molar refractivity (Wildman–Crippen MR) is 128 cm³/mol. The highest BCUT2D eigenvalue weighted by atomic mass is 32.2. The molecular weight excluding hydrogens is 472 g/mol. The van der Waals surface area contributed by atoms with Crippen LogP contribution >= 0.6 is 23.1 Å². The quantitative estimate of drug-likeness (QED) is 0.384. The topological polar surface area (TPSA) is 127 Å². The van der Waals surface area contributed by atoms with E-state index in [9.17, 15) is 28.5 Å². The van der Waals surface area contributed by atoms with Crippen molar-refractivity contribution in [1.29, 1.82) is 0 Å². The third kappa shape index (κ3) is 4.33. The summed E-state index contributed by atoms with van der Waals surface area (Å²) < 4.78 is 29.5. The Labute approximate surface area is 193 Å². The summed E-state index contributed by atoms with van der Waals surface area (Å²) in [6.07, 6.45) is 0. The lowest BCUT2D eigenvalue weighted by Crippen LogP contribution is -2.54. The van der Waals surface area contributed by atoms with E-state index in [2.05, 4.69) is 4.72 Å². The van der Waals surface area contributed by atoms with E-state index in [-0.39, 0.29) is 10.6 Å². The van der Waals surface area contributed by atoms with Crippen molar-refractivity contribution in [2.75, 3.05) is 23.0 Å². The van der Waals surface area contributed by atoms with Crippen LogP contribution < -0.4 is 9.62 Å². The number of hydrogen-bond acceptors (Lipinski definition) is 8. The van der Waals surface area contributed by atoms with Gasteiger partial charge in [0.2, 0.25) is 10.0 Å². The monoisotopic (exact) mass is 496 g/mol. The van der Waals surface area contributed by atoms with Gasteiger partial charge < -0.3 is 20.2 Å². The molecular formula is C21H24N2O6S3. The Hall–Kier alpha value is -1.89. The van der Waals surface area contributed by atoms with Crippen molar-refractivity contribution in [3.63, 3.8) is 0 Å². The Bertz CT molecular complexity index is 1290. The van der Waals surface area contributed by atoms with Crippen LogP contribution in [0.5, 0.6) is 0 Å². The van der Waals surface area contributed by atoms with Gasteiger partial charge in [0, 0.05) is 38.2 Å². The van der Waals surface area contributed by atoms with Crippen molar-refractivity contribution < 1.29 is 28.5 Å². The first kappa shape index (κ1) is 23.3. The third-order valence-electron chi connectivity index (χ3n) is 5.45. The number of sulfonamides is 1. The van der Waals surface area contributed by atoms with Gasteiger partial charge in [-0.15, -0.1) is 11.3 Å². The van der Waals surface area contributed by atoms with Gasteiger partial charge in [-0.05, 0) is 30.2 Å². The summed E-state index contributed by atoms with van der Waals surface area (Å²) in [7, 11) is -4.02. The minimum atomic E-state index is -4.02. The molecule has 4 rings (SSSR count). The van der Waals surface area contributed by atoms with Crippen LogP contribution in [-0.4, -0.2) is 59.7 Å². The molecule has 0 unspecified atom stereocenters. The van der Waals surface area contributed by atoms with Crippen LogP contribution in [-0.2, 0) is 14.8 Å². The summed E-state index contributed by atoms with van der Waals surface area (Å²) in [5.74, 6) is -2.57. The summed E-state index contributed by atoms with van der Waals surface area (Å²) >= 11 is 2.88. The number of fused-ring (bicyclic) bond motifs is 3. The van der Waals surface area contributed by atoms with Crippen molar-refractivity contribution in [2.24, 2.45) is 5.92 Å². The predicted octanol–water partition coefficient (Wildman–Crippen LogP) is 2.63. The first-order valence-electron chi connectivity index (χ1n) is 10.0. The SMILES string of the molecule is CC(C)[C@H](NS(=O)(=O)c1ccc2c(c1)sc1cc(N3CCSCC3(O)O)ccc12)C(=O)O. The summed E-state index contributed by atoms with van der Waals surface area (Å²) in [6.45, 7) is 3.79. The maximum atomic E-state index is 12.8. The minimum absolute atomic E-state index is 0.00136. The Kier molecular flexibility index (Phi) is 6.16. The van der Waals surface area contributed by atoms with Gasteiger partial charge in [-0.2, -0.15) is 16.5 Å². The molecule has 1 fully saturated rings. The minimum Gasteiger partial charge on any atom is -0.480 e. The molecule has 1 atom stereocenters. The molecule has 0 amide bonds. The summed E-state index contributed by atoms with van der Waals surface area (Å²) in [4.78, 5) is 13.0. The normalized spacial score (nSPS) is 17.8. The van der Waals surface area contributed by atoms with E-state index >= 15 is 0 Å². The number of thiophene rings is 1. The first-order chi connectivity index (χ1) is 15.0. The Morgan fingerprint density at radius 2 is 1.78 bits per heavy atom. The molecule has 3 aromatic rings. The second-order valence-corrected chi connectivity index (χ2v) is 12.0. The van der Waals surface area contributed by atoms with Gasteiger partial charge in [-0.25, -0.2) is 8.42 Å². The number of hydrogen-bond donors (Lipinski definition) is 4. The van der Waals surface area contributed by atoms with Crippen molar-refractivity contribution >= 4 is 65.0 Å². The molecule has 0 radical (unpaired) electrons. The molecule has 1 aliphatic rings. The fourth-order valence-corrected chi connectivity index (χ4v) is 7.25. The molecule has 32 heavy (non-hydrogen) atoms. The molecule has 4 N–H and O–H groups in total. The molecule has 0 spiro atoms. The molecule has 1 saturated heterocycles. The van der Waals surface area contributed by atoms with Gasteiger partial charge >= 0.3 is 5.97 Å². The number of anilines is 1. The highest BCUT2D eigenvalue weighted by Crippen LogP contribution is 2.38. The van der Waals surface area contributed by atoms with Crippen LogP contribution in [0.2, 0.25) is 0 Å². The van der Waals surface area contributed by atoms with Gasteiger partial charge in [0.1, 0.15) is 6.04 Å². The maximum Gasteiger partial charge on any atom is 0.322 e. The van der Waals surface area contributed by atoms with E-state index in [0.29, 0.717) is 12.2 Å². The second-order valence-electron chi connectivity index (χ2n) is 8.10. The molecule has 11 heteroatoms. The zero-order valence-corrected chi connectivity index (χ0v) is 19.9. The van der Waals surface area contributed by atoms with Crippen LogP contribution in [0.4, 0.5) is 5.69 Å². The van der Waals surface area contributed by atoms with Crippen molar-refractivity contribution in [1.82, 2.24) is 4.72 Å². The van der Waals surface area contributed by atoms with Gasteiger partial charge in [-0.3, -0.25) is 4.79 Å². The summed E-state index contributed by atoms with van der Waals surface area (Å²) in [5, 5.41) is 31.8. The number of carbonyl (C=O) groups is 1. The van der Waals surface area contributed by atoms with E-state index in [0.717, 1.165) is 25.9 Å². The molecule has 1 aromatic heterocycles. The number of aliphatic carboxylic acids is 1. The average molecular weight is 497 g/mol. The van der Waals surface area contributed by atoms with Crippen LogP contribution in [0.1, 0.15) is 13.8 Å². The Morgan fingerprint density at radius 3 is 2.41 bits per heavy atom. The number of carboxylic acids is 1. The number of rotatable bonds is 6. The number of nitrogens with one attached hydrogen (secondary N) is 1. The Balaban J connectivity index is 1.72. The van der Waals surface area contributed by atoms with Crippen molar-refractivity contribution in [3.05, 3.63) is 36.4 Å². The molecule has 172 valence electrons. The number of nitrogens with zero attached hydrogens (tertiary/aromatic N) is 1. The third-order valence-corrected chi connectivity index (χ3v) is 9.07. The molecule has 8 nitrogen and oxygen atoms in total. The van der Waals surface area contributed by atoms with E-state index in [1.807, 2.05) is 18.2 Å². The fraction of sp³-hybridized carbons (Fsp3) is 0.381. The van der Waals surface area contributed by atoms with Crippen molar-refractivity contribution in [2.45, 2.75) is 30.7 Å². The number of aliphatic hydroxyl groups is 2. The van der Waals surface area contributed by atoms with Gasteiger partial charge in [0.15, 0.2) is 0 Å². The van der Waals surface area contributed by atoms with Crippen LogP contribution in [0.3, 0.4) is 0 Å². The lowest BCUT2D eigenvalue weighted by Gasteiger charge is -2.40. The standard InChI is InChI=1S/C21H24N2O6S3/c1-12(2)19(20(24)25)22-32(28,29)14-4-6-16-15-5-3-13(9-17(15)31-18(16)10-14)23-7-8-30-11-21(23,26)27/h3-6,9-10,12,19,22,26-27H,7-8,11H2,1-2H3,(H,24,25)/t19-/m0/s1. The summed E-state index contributed by atoms with van der Waals surface area (Å²) in [5.41, 5.74) is 0.685. The average Bonchev–Trinajstić information content (AvgIpc) is 3.08. The molecule has 0 saturated carbocycles. The zero-order valence-electron chi connectivity index (χ0n) is 17.5. The van der Waals surface area contributed by atoms with E-state index in [4.69, 9.17) is 0 Å². The van der Waals surface area contributed by atoms with Gasteiger partial charge in [-0.1, -0.05) is 26.0 Å². The van der Waals surface area contributed by atoms with Crippen molar-refractivity contribution in [3.8, 4) is 0 Å². The Morgan fingerprint density at radius 1 is 1.12 bits per heavy atom. The van der Waals surface area contributed by atoms with Crippen LogP contribution in [0, 0.1) is 5.92 Å². The second kappa shape index (κ2) is 8.47. The fourth-order valence-electron chi connectivity index (χ4n) is 3.75. The number of carboxylic acid groups (broad SMARTS) is 1. The zero-order chi connectivity index (χ0) is 23.3. The lowest BCUT2D eigenvalue weighted by atomic mass is 10.1. The highest BCUT2D eigenvalue weighted by molar-refractivity contribution is 7.99. The number of benzene rings is 2. The molecule has 0 aliphatic carbocycles. The van der Waals surface area contributed by atoms with Gasteiger partial charge in [0.05, 0.1) is 10.6 Å². The van der Waals surface area contributed by atoms with E-state index in [1.54, 1.807) is 30.9 Å². The highest BCUT2D eigenvalue weighted by Gasteiger charge is 2.35. The van der Waals surface area contributed by atoms with Crippen LogP contribution in [0.15, 0.2) is 41.3 Å². The summed E-state index contributed by atoms with van der Waals surface area (Å²) in [6, 6.07) is 9.11. The van der Waals surface area contributed by atoms with Gasteiger partial charge in [0.25, 0.3) is 5.91 Å². The largest absolute Gasteiger partial charge is 0.480 e. The molecule has 2 heterocycles. The molecule has 2 aromatic carbocycles. The number of thioether (sulfide) groups is 1.